The smallest absolute Gasteiger partial charge is 0.234 e. The lowest BCUT2D eigenvalue weighted by Crippen LogP contribution is -2.14. The number of ether oxygens (including phenoxy) is 1. The summed E-state index contributed by atoms with van der Waals surface area (Å²) in [7, 11) is 1.91. The number of thioether (sulfide) groups is 1. The van der Waals surface area contributed by atoms with Crippen molar-refractivity contribution >= 4 is 23.4 Å². The van der Waals surface area contributed by atoms with Crippen LogP contribution in [0.4, 0.5) is 5.69 Å². The number of rotatable bonds is 8. The second-order valence-electron chi connectivity index (χ2n) is 7.32. The molecule has 0 bridgehead atoms. The maximum atomic E-state index is 12.4. The molecule has 7 heteroatoms. The number of amides is 1. The summed E-state index contributed by atoms with van der Waals surface area (Å²) < 4.78 is 7.70. The molecule has 0 radical (unpaired) electrons. The molecule has 0 unspecified atom stereocenters. The summed E-state index contributed by atoms with van der Waals surface area (Å²) in [6, 6.07) is 25.4. The number of nitrogens with zero attached hydrogens (tertiary/aromatic N) is 3. The van der Waals surface area contributed by atoms with Crippen LogP contribution in [-0.2, 0) is 18.4 Å². The average molecular weight is 445 g/mol. The first-order valence-corrected chi connectivity index (χ1v) is 11.2. The normalized spacial score (nSPS) is 10.7. The predicted octanol–water partition coefficient (Wildman–Crippen LogP) is 5.10. The van der Waals surface area contributed by atoms with Crippen molar-refractivity contribution in [1.29, 1.82) is 0 Å². The van der Waals surface area contributed by atoms with Gasteiger partial charge in [0.25, 0.3) is 0 Å². The van der Waals surface area contributed by atoms with Gasteiger partial charge in [-0.2, -0.15) is 0 Å². The van der Waals surface area contributed by atoms with Gasteiger partial charge in [-0.15, -0.1) is 10.2 Å². The van der Waals surface area contributed by atoms with Gasteiger partial charge in [-0.1, -0.05) is 66.4 Å². The first-order chi connectivity index (χ1) is 15.6. The van der Waals surface area contributed by atoms with E-state index in [1.54, 1.807) is 0 Å². The van der Waals surface area contributed by atoms with E-state index in [0.29, 0.717) is 11.8 Å². The van der Waals surface area contributed by atoms with Gasteiger partial charge in [-0.25, -0.2) is 0 Å². The molecule has 32 heavy (non-hydrogen) atoms. The van der Waals surface area contributed by atoms with E-state index in [-0.39, 0.29) is 11.7 Å². The molecular weight excluding hydrogens is 420 g/mol. The molecule has 0 spiro atoms. The van der Waals surface area contributed by atoms with Crippen LogP contribution in [0.15, 0.2) is 84.0 Å². The van der Waals surface area contributed by atoms with Crippen LogP contribution in [0.5, 0.6) is 5.75 Å². The topological polar surface area (TPSA) is 69.0 Å². The van der Waals surface area contributed by atoms with Crippen LogP contribution in [0.1, 0.15) is 11.1 Å². The van der Waals surface area contributed by atoms with Gasteiger partial charge in [0.15, 0.2) is 11.0 Å². The Bertz CT molecular complexity index is 1190. The fourth-order valence-corrected chi connectivity index (χ4v) is 3.91. The second-order valence-corrected chi connectivity index (χ2v) is 8.26. The summed E-state index contributed by atoms with van der Waals surface area (Å²) in [5, 5.41) is 12.2. The van der Waals surface area contributed by atoms with E-state index >= 15 is 0 Å². The molecule has 1 aromatic heterocycles. The van der Waals surface area contributed by atoms with Crippen LogP contribution in [0.25, 0.3) is 11.4 Å². The maximum Gasteiger partial charge on any atom is 0.234 e. The Balaban J connectivity index is 1.29. The molecule has 1 heterocycles. The molecule has 6 nitrogen and oxygen atoms in total. The van der Waals surface area contributed by atoms with Crippen molar-refractivity contribution < 1.29 is 9.53 Å². The summed E-state index contributed by atoms with van der Waals surface area (Å²) in [5.74, 6) is 1.68. The Morgan fingerprint density at radius 3 is 2.44 bits per heavy atom. The zero-order valence-corrected chi connectivity index (χ0v) is 18.8. The molecule has 0 fully saturated rings. The first kappa shape index (κ1) is 21.6. The van der Waals surface area contributed by atoms with Gasteiger partial charge in [0.2, 0.25) is 5.91 Å². The summed E-state index contributed by atoms with van der Waals surface area (Å²) in [5.41, 5.74) is 4.00. The highest BCUT2D eigenvalue weighted by molar-refractivity contribution is 7.99. The number of benzene rings is 3. The SMILES string of the molecule is Cc1ccccc1-c1nnc(SCC(=O)Nc2ccc(OCc3ccccc3)cc2)n1C. The highest BCUT2D eigenvalue weighted by atomic mass is 32.2. The summed E-state index contributed by atoms with van der Waals surface area (Å²) in [6.07, 6.45) is 0. The van der Waals surface area contributed by atoms with Gasteiger partial charge in [0, 0.05) is 18.3 Å². The van der Waals surface area contributed by atoms with Crippen molar-refractivity contribution in [2.75, 3.05) is 11.1 Å². The average Bonchev–Trinajstić information content (AvgIpc) is 3.18. The quantitative estimate of drug-likeness (QED) is 0.383. The van der Waals surface area contributed by atoms with Crippen LogP contribution in [0.3, 0.4) is 0 Å². The second kappa shape index (κ2) is 10.2. The highest BCUT2D eigenvalue weighted by Gasteiger charge is 2.14. The summed E-state index contributed by atoms with van der Waals surface area (Å²) in [6.45, 7) is 2.55. The Hall–Kier alpha value is -3.58. The lowest BCUT2D eigenvalue weighted by molar-refractivity contribution is -0.113. The molecule has 162 valence electrons. The number of hydrogen-bond acceptors (Lipinski definition) is 5. The van der Waals surface area contributed by atoms with E-state index in [9.17, 15) is 4.79 Å². The standard InChI is InChI=1S/C25H24N4O2S/c1-18-8-6-7-11-22(18)24-27-28-25(29(24)2)32-17-23(30)26-20-12-14-21(15-13-20)31-16-19-9-4-3-5-10-19/h3-15H,16-17H2,1-2H3,(H,26,30). The third-order valence-electron chi connectivity index (χ3n) is 4.94. The molecule has 0 atom stereocenters. The van der Waals surface area contributed by atoms with Gasteiger partial charge in [-0.05, 0) is 42.3 Å². The molecule has 1 amide bonds. The third kappa shape index (κ3) is 5.36. The largest absolute Gasteiger partial charge is 0.489 e. The third-order valence-corrected chi connectivity index (χ3v) is 5.96. The van der Waals surface area contributed by atoms with Gasteiger partial charge in [0.1, 0.15) is 12.4 Å². The molecule has 4 rings (SSSR count). The highest BCUT2D eigenvalue weighted by Crippen LogP contribution is 2.25. The van der Waals surface area contributed by atoms with Crippen molar-refractivity contribution in [2.24, 2.45) is 7.05 Å². The zero-order chi connectivity index (χ0) is 22.3. The number of carbonyl (C=O) groups is 1. The zero-order valence-electron chi connectivity index (χ0n) is 18.0. The molecule has 4 aromatic rings. The summed E-state index contributed by atoms with van der Waals surface area (Å²) >= 11 is 1.36. The minimum absolute atomic E-state index is 0.103. The predicted molar refractivity (Wildman–Crippen MR) is 128 cm³/mol. The van der Waals surface area contributed by atoms with Crippen molar-refractivity contribution in [2.45, 2.75) is 18.7 Å². The van der Waals surface area contributed by atoms with Crippen LogP contribution in [0.2, 0.25) is 0 Å². The van der Waals surface area contributed by atoms with Crippen molar-refractivity contribution in [1.82, 2.24) is 14.8 Å². The molecule has 1 N–H and O–H groups in total. The molecular formula is C25H24N4O2S. The molecule has 3 aromatic carbocycles. The van der Waals surface area contributed by atoms with Crippen LogP contribution in [-0.4, -0.2) is 26.4 Å². The summed E-state index contributed by atoms with van der Waals surface area (Å²) in [4.78, 5) is 12.4. The Kier molecular flexibility index (Phi) is 6.87. The van der Waals surface area contributed by atoms with Crippen molar-refractivity contribution in [3.8, 4) is 17.1 Å². The molecule has 0 aliphatic heterocycles. The molecule has 0 aliphatic rings. The number of anilines is 1. The number of nitrogens with one attached hydrogen (secondary N) is 1. The van der Waals surface area contributed by atoms with Gasteiger partial charge >= 0.3 is 0 Å². The van der Waals surface area contributed by atoms with Crippen molar-refractivity contribution in [3.63, 3.8) is 0 Å². The van der Waals surface area contributed by atoms with Gasteiger partial charge in [0.05, 0.1) is 5.75 Å². The van der Waals surface area contributed by atoms with E-state index in [1.807, 2.05) is 97.4 Å². The van der Waals surface area contributed by atoms with E-state index in [4.69, 9.17) is 4.74 Å². The minimum atomic E-state index is -0.103. The number of hydrogen-bond donors (Lipinski definition) is 1. The minimum Gasteiger partial charge on any atom is -0.489 e. The lowest BCUT2D eigenvalue weighted by Gasteiger charge is -2.09. The Morgan fingerprint density at radius 2 is 1.69 bits per heavy atom. The lowest BCUT2D eigenvalue weighted by atomic mass is 10.1. The molecule has 0 saturated heterocycles. The Morgan fingerprint density at radius 1 is 0.969 bits per heavy atom. The van der Waals surface area contributed by atoms with Crippen LogP contribution >= 0.6 is 11.8 Å². The Labute approximate surface area is 191 Å². The fraction of sp³-hybridized carbons (Fsp3) is 0.160. The first-order valence-electron chi connectivity index (χ1n) is 10.2. The van der Waals surface area contributed by atoms with E-state index in [2.05, 4.69) is 15.5 Å². The van der Waals surface area contributed by atoms with Crippen LogP contribution in [0, 0.1) is 6.92 Å². The monoisotopic (exact) mass is 444 g/mol. The molecule has 0 saturated carbocycles. The van der Waals surface area contributed by atoms with E-state index in [0.717, 1.165) is 34.0 Å². The number of aryl methyl sites for hydroxylation is 1. The fourth-order valence-electron chi connectivity index (χ4n) is 3.20. The van der Waals surface area contributed by atoms with Crippen LogP contribution < -0.4 is 10.1 Å². The number of carbonyl (C=O) groups excluding carboxylic acids is 1. The van der Waals surface area contributed by atoms with Gasteiger partial charge in [-0.3, -0.25) is 4.79 Å². The number of aromatic nitrogens is 3. The van der Waals surface area contributed by atoms with E-state index in [1.165, 1.54) is 11.8 Å². The maximum absolute atomic E-state index is 12.4. The molecule has 0 aliphatic carbocycles. The van der Waals surface area contributed by atoms with Crippen molar-refractivity contribution in [3.05, 3.63) is 90.0 Å². The van der Waals surface area contributed by atoms with E-state index < -0.39 is 0 Å². The van der Waals surface area contributed by atoms with Gasteiger partial charge < -0.3 is 14.6 Å².